The van der Waals surface area contributed by atoms with Crippen LogP contribution in [0.25, 0.3) is 16.6 Å². The summed E-state index contributed by atoms with van der Waals surface area (Å²) in [5.41, 5.74) is 1.35. The molecule has 28 heavy (non-hydrogen) atoms. The first-order chi connectivity index (χ1) is 13.4. The third-order valence-corrected chi connectivity index (χ3v) is 4.27. The predicted molar refractivity (Wildman–Crippen MR) is 96.0 cm³/mol. The zero-order chi connectivity index (χ0) is 19.7. The summed E-state index contributed by atoms with van der Waals surface area (Å²) in [6.45, 7) is 0.0816. The minimum atomic E-state index is -4.53. The molecule has 0 aliphatic carbocycles. The van der Waals surface area contributed by atoms with Crippen LogP contribution in [-0.2, 0) is 17.5 Å². The molecule has 0 aliphatic rings. The van der Waals surface area contributed by atoms with Gasteiger partial charge >= 0.3 is 12.1 Å². The number of benzene rings is 2. The highest BCUT2D eigenvalue weighted by molar-refractivity contribution is 5.90. The topological polar surface area (TPSA) is 59.9 Å². The molecule has 0 bridgehead atoms. The fourth-order valence-electron chi connectivity index (χ4n) is 2.90. The number of hydrogen-bond acceptors (Lipinski definition) is 3. The van der Waals surface area contributed by atoms with E-state index in [2.05, 4.69) is 10.1 Å². The van der Waals surface area contributed by atoms with Crippen LogP contribution in [0.5, 0.6) is 0 Å². The number of halogens is 3. The quantitative estimate of drug-likeness (QED) is 0.517. The third-order valence-electron chi connectivity index (χ3n) is 4.27. The van der Waals surface area contributed by atoms with Crippen molar-refractivity contribution in [2.24, 2.45) is 0 Å². The van der Waals surface area contributed by atoms with E-state index in [9.17, 15) is 18.0 Å². The Kier molecular flexibility index (Phi) is 4.38. The summed E-state index contributed by atoms with van der Waals surface area (Å²) in [7, 11) is 0. The Morgan fingerprint density at radius 1 is 1.11 bits per heavy atom. The number of nitrogens with one attached hydrogen (secondary N) is 1. The molecule has 0 saturated carbocycles. The molecule has 1 N–H and O–H groups in total. The minimum Gasteiger partial charge on any atom is -0.457 e. The molecule has 0 amide bonds. The van der Waals surface area contributed by atoms with Crippen LogP contribution in [0.1, 0.15) is 21.6 Å². The van der Waals surface area contributed by atoms with Crippen molar-refractivity contribution in [3.63, 3.8) is 0 Å². The van der Waals surface area contributed by atoms with Gasteiger partial charge in [-0.2, -0.15) is 18.3 Å². The van der Waals surface area contributed by atoms with Crippen molar-refractivity contribution < 1.29 is 22.7 Å². The number of H-pyrrole nitrogens is 1. The van der Waals surface area contributed by atoms with Crippen LogP contribution >= 0.6 is 0 Å². The lowest BCUT2D eigenvalue weighted by atomic mass is 10.1. The standard InChI is InChI=1S/C20H14F3N3O2/c21-20(22,23)18-8-10-26(25-18)15-5-1-3-13(11-15)19(27)28-12-14-4-2-6-17-16(14)7-9-24-17/h1-11,24H,12H2. The van der Waals surface area contributed by atoms with Gasteiger partial charge in [-0.1, -0.05) is 18.2 Å². The second-order valence-electron chi connectivity index (χ2n) is 6.13. The number of aromatic amines is 1. The van der Waals surface area contributed by atoms with Crippen molar-refractivity contribution in [3.8, 4) is 5.69 Å². The Morgan fingerprint density at radius 2 is 1.93 bits per heavy atom. The predicted octanol–water partition coefficient (Wildman–Crippen LogP) is 4.73. The molecule has 4 rings (SSSR count). The van der Waals surface area contributed by atoms with Gasteiger partial charge in [0.25, 0.3) is 0 Å². The average molecular weight is 385 g/mol. The molecule has 8 heteroatoms. The van der Waals surface area contributed by atoms with E-state index in [1.54, 1.807) is 18.3 Å². The Balaban J connectivity index is 1.52. The normalized spacial score (nSPS) is 11.7. The Labute approximate surface area is 157 Å². The lowest BCUT2D eigenvalue weighted by Gasteiger charge is -2.08. The maximum atomic E-state index is 12.7. The van der Waals surface area contributed by atoms with Gasteiger partial charge in [0.2, 0.25) is 0 Å². The molecular weight excluding hydrogens is 371 g/mol. The van der Waals surface area contributed by atoms with Gasteiger partial charge in [0, 0.05) is 23.3 Å². The molecule has 5 nitrogen and oxygen atoms in total. The van der Waals surface area contributed by atoms with E-state index in [0.29, 0.717) is 5.69 Å². The maximum absolute atomic E-state index is 12.7. The van der Waals surface area contributed by atoms with Crippen molar-refractivity contribution in [1.82, 2.24) is 14.8 Å². The highest BCUT2D eigenvalue weighted by Gasteiger charge is 2.33. The third kappa shape index (κ3) is 3.48. The largest absolute Gasteiger partial charge is 0.457 e. The SMILES string of the molecule is O=C(OCc1cccc2[nH]ccc12)c1cccc(-n2ccc(C(F)(F)F)n2)c1. The van der Waals surface area contributed by atoms with E-state index in [1.165, 1.54) is 18.3 Å². The van der Waals surface area contributed by atoms with E-state index in [4.69, 9.17) is 4.74 Å². The summed E-state index contributed by atoms with van der Waals surface area (Å²) in [5.74, 6) is -0.572. The molecule has 4 aromatic rings. The van der Waals surface area contributed by atoms with Crippen LogP contribution in [0.4, 0.5) is 13.2 Å². The van der Waals surface area contributed by atoms with Gasteiger partial charge in [0.15, 0.2) is 5.69 Å². The van der Waals surface area contributed by atoms with Gasteiger partial charge in [-0.05, 0) is 42.0 Å². The summed E-state index contributed by atoms with van der Waals surface area (Å²) in [5, 5.41) is 4.47. The first-order valence-corrected chi connectivity index (χ1v) is 8.37. The molecular formula is C20H14F3N3O2. The van der Waals surface area contributed by atoms with E-state index in [0.717, 1.165) is 27.2 Å². The molecule has 0 aliphatic heterocycles. The molecule has 2 aromatic carbocycles. The molecule has 2 heterocycles. The maximum Gasteiger partial charge on any atom is 0.435 e. The van der Waals surface area contributed by atoms with E-state index < -0.39 is 17.8 Å². The Hall–Kier alpha value is -3.55. The van der Waals surface area contributed by atoms with E-state index in [1.807, 2.05) is 24.3 Å². The smallest absolute Gasteiger partial charge is 0.435 e. The summed E-state index contributed by atoms with van der Waals surface area (Å²) < 4.78 is 44.6. The summed E-state index contributed by atoms with van der Waals surface area (Å²) in [6.07, 6.45) is -1.53. The van der Waals surface area contributed by atoms with Crippen molar-refractivity contribution in [2.45, 2.75) is 12.8 Å². The van der Waals surface area contributed by atoms with Crippen molar-refractivity contribution in [3.05, 3.63) is 83.8 Å². The molecule has 0 radical (unpaired) electrons. The molecule has 0 fully saturated rings. The summed E-state index contributed by atoms with van der Waals surface area (Å²) >= 11 is 0. The number of esters is 1. The molecule has 0 atom stereocenters. The number of nitrogens with zero attached hydrogens (tertiary/aromatic N) is 2. The molecule has 142 valence electrons. The van der Waals surface area contributed by atoms with Crippen molar-refractivity contribution >= 4 is 16.9 Å². The van der Waals surface area contributed by atoms with Crippen LogP contribution in [0.2, 0.25) is 0 Å². The van der Waals surface area contributed by atoms with Gasteiger partial charge < -0.3 is 9.72 Å². The van der Waals surface area contributed by atoms with Crippen LogP contribution in [0.3, 0.4) is 0 Å². The number of aromatic nitrogens is 3. The minimum absolute atomic E-state index is 0.0816. The number of ether oxygens (including phenoxy) is 1. The highest BCUT2D eigenvalue weighted by atomic mass is 19.4. The van der Waals surface area contributed by atoms with E-state index >= 15 is 0 Å². The first-order valence-electron chi connectivity index (χ1n) is 8.37. The Morgan fingerprint density at radius 3 is 2.71 bits per heavy atom. The van der Waals surface area contributed by atoms with Gasteiger partial charge in [-0.15, -0.1) is 0 Å². The number of rotatable bonds is 4. The zero-order valence-electron chi connectivity index (χ0n) is 14.4. The van der Waals surface area contributed by atoms with Crippen LogP contribution in [0, 0.1) is 0 Å². The highest BCUT2D eigenvalue weighted by Crippen LogP contribution is 2.28. The molecule has 0 saturated heterocycles. The zero-order valence-corrected chi connectivity index (χ0v) is 14.4. The van der Waals surface area contributed by atoms with Crippen molar-refractivity contribution in [2.75, 3.05) is 0 Å². The summed E-state index contributed by atoms with van der Waals surface area (Å²) in [6, 6.07) is 14.5. The number of fused-ring (bicyclic) bond motifs is 1. The lowest BCUT2D eigenvalue weighted by Crippen LogP contribution is -2.08. The number of carbonyl (C=O) groups is 1. The van der Waals surface area contributed by atoms with Crippen LogP contribution in [0.15, 0.2) is 67.0 Å². The number of carbonyl (C=O) groups excluding carboxylic acids is 1. The number of alkyl halides is 3. The molecule has 0 spiro atoms. The second-order valence-corrected chi connectivity index (χ2v) is 6.13. The lowest BCUT2D eigenvalue weighted by molar-refractivity contribution is -0.141. The molecule has 0 unspecified atom stereocenters. The fourth-order valence-corrected chi connectivity index (χ4v) is 2.90. The fraction of sp³-hybridized carbons (Fsp3) is 0.100. The number of hydrogen-bond donors (Lipinski definition) is 1. The van der Waals surface area contributed by atoms with Gasteiger partial charge in [-0.3, -0.25) is 0 Å². The Bertz CT molecular complexity index is 1140. The summed E-state index contributed by atoms with van der Waals surface area (Å²) in [4.78, 5) is 15.5. The average Bonchev–Trinajstić information content (AvgIpc) is 3.35. The van der Waals surface area contributed by atoms with Crippen LogP contribution in [-0.4, -0.2) is 20.7 Å². The van der Waals surface area contributed by atoms with Crippen molar-refractivity contribution in [1.29, 1.82) is 0 Å². The van der Waals surface area contributed by atoms with Gasteiger partial charge in [0.1, 0.15) is 6.61 Å². The van der Waals surface area contributed by atoms with E-state index in [-0.39, 0.29) is 12.2 Å². The first kappa shape index (κ1) is 17.8. The monoisotopic (exact) mass is 385 g/mol. The van der Waals surface area contributed by atoms with Gasteiger partial charge in [-0.25, -0.2) is 9.48 Å². The second kappa shape index (κ2) is 6.88. The molecule has 2 aromatic heterocycles. The van der Waals surface area contributed by atoms with Gasteiger partial charge in [0.05, 0.1) is 11.3 Å². The van der Waals surface area contributed by atoms with Crippen LogP contribution < -0.4 is 0 Å².